The molecule has 2 atom stereocenters. The van der Waals surface area contributed by atoms with Crippen LogP contribution < -0.4 is 15.5 Å². The molecular weight excluding hydrogens is 482 g/mol. The first-order valence-electron chi connectivity index (χ1n) is 13.7. The summed E-state index contributed by atoms with van der Waals surface area (Å²) in [6, 6.07) is 4.16. The van der Waals surface area contributed by atoms with Crippen LogP contribution in [0.1, 0.15) is 69.8 Å². The standard InChI is InChI=1S/C28H39N7O3/c1-5-18(2)35-16-21(26(37)31-19-8-12-38-13-9-19)20-15-30-25(14-22(20)35)32-24-6-10-29-27(33-24)34-11-7-23(36)28(3,4)17-34/h6,10,14-16,18-19,23,36H,5,7-9,11-13,17H2,1-4H3,(H,31,37)(H,29,30,32,33). The molecule has 5 rings (SSSR count). The summed E-state index contributed by atoms with van der Waals surface area (Å²) in [4.78, 5) is 29.2. The van der Waals surface area contributed by atoms with E-state index in [9.17, 15) is 9.90 Å². The van der Waals surface area contributed by atoms with Gasteiger partial charge in [-0.2, -0.15) is 4.98 Å². The first kappa shape index (κ1) is 26.4. The number of piperidine rings is 1. The Balaban J connectivity index is 1.39. The third kappa shape index (κ3) is 5.47. The Bertz CT molecular complexity index is 1280. The molecule has 0 radical (unpaired) electrons. The van der Waals surface area contributed by atoms with Gasteiger partial charge in [0.15, 0.2) is 0 Å². The van der Waals surface area contributed by atoms with E-state index in [-0.39, 0.29) is 29.5 Å². The molecule has 1 amide bonds. The van der Waals surface area contributed by atoms with Gasteiger partial charge in [0.05, 0.1) is 17.2 Å². The van der Waals surface area contributed by atoms with Crippen molar-refractivity contribution in [3.63, 3.8) is 0 Å². The maximum absolute atomic E-state index is 13.2. The summed E-state index contributed by atoms with van der Waals surface area (Å²) in [6.45, 7) is 11.2. The van der Waals surface area contributed by atoms with Gasteiger partial charge in [-0.25, -0.2) is 9.97 Å². The number of nitrogens with zero attached hydrogens (tertiary/aromatic N) is 5. The van der Waals surface area contributed by atoms with Crippen molar-refractivity contribution in [3.05, 3.63) is 36.3 Å². The van der Waals surface area contributed by atoms with Gasteiger partial charge in [-0.05, 0) is 38.7 Å². The fourth-order valence-corrected chi connectivity index (χ4v) is 5.28. The van der Waals surface area contributed by atoms with Crippen LogP contribution in [-0.4, -0.2) is 69.0 Å². The number of carbonyl (C=O) groups is 1. The number of fused-ring (bicyclic) bond motifs is 1. The van der Waals surface area contributed by atoms with Crippen molar-refractivity contribution in [2.75, 3.05) is 36.5 Å². The normalized spacial score (nSPS) is 20.9. The topological polar surface area (TPSA) is 117 Å². The van der Waals surface area contributed by atoms with Gasteiger partial charge in [-0.1, -0.05) is 20.8 Å². The molecule has 5 heterocycles. The molecule has 10 nitrogen and oxygen atoms in total. The number of rotatable bonds is 7. The van der Waals surface area contributed by atoms with Crippen molar-refractivity contribution in [2.24, 2.45) is 5.41 Å². The highest BCUT2D eigenvalue weighted by atomic mass is 16.5. The highest BCUT2D eigenvalue weighted by Gasteiger charge is 2.35. The number of aromatic nitrogens is 4. The number of aliphatic hydroxyl groups is 1. The second kappa shape index (κ2) is 10.9. The minimum absolute atomic E-state index is 0.0681. The van der Waals surface area contributed by atoms with Crippen LogP contribution in [0.15, 0.2) is 30.7 Å². The summed E-state index contributed by atoms with van der Waals surface area (Å²) in [7, 11) is 0. The van der Waals surface area contributed by atoms with Gasteiger partial charge in [0, 0.05) is 73.8 Å². The lowest BCUT2D eigenvalue weighted by molar-refractivity contribution is 0.0332. The molecule has 0 bridgehead atoms. The molecular formula is C28H39N7O3. The molecule has 3 N–H and O–H groups in total. The van der Waals surface area contributed by atoms with Crippen molar-refractivity contribution >= 4 is 34.4 Å². The minimum Gasteiger partial charge on any atom is -0.392 e. The predicted molar refractivity (Wildman–Crippen MR) is 148 cm³/mol. The van der Waals surface area contributed by atoms with Crippen molar-refractivity contribution in [2.45, 2.75) is 71.6 Å². The Morgan fingerprint density at radius 1 is 1.24 bits per heavy atom. The van der Waals surface area contributed by atoms with Gasteiger partial charge in [-0.3, -0.25) is 4.79 Å². The van der Waals surface area contributed by atoms with Crippen molar-refractivity contribution < 1.29 is 14.6 Å². The highest BCUT2D eigenvalue weighted by Crippen LogP contribution is 2.32. The zero-order valence-corrected chi connectivity index (χ0v) is 22.8. The van der Waals surface area contributed by atoms with Gasteiger partial charge in [-0.15, -0.1) is 0 Å². The molecule has 3 aromatic rings. The van der Waals surface area contributed by atoms with E-state index in [2.05, 4.69) is 57.8 Å². The molecule has 3 aromatic heterocycles. The Hall–Kier alpha value is -3.24. The Morgan fingerprint density at radius 2 is 2.03 bits per heavy atom. The number of ether oxygens (including phenoxy) is 1. The number of hydrogen-bond acceptors (Lipinski definition) is 8. The first-order valence-corrected chi connectivity index (χ1v) is 13.7. The van der Waals surface area contributed by atoms with Crippen LogP contribution in [0.4, 0.5) is 17.6 Å². The molecule has 0 aliphatic carbocycles. The van der Waals surface area contributed by atoms with Crippen molar-refractivity contribution in [1.29, 1.82) is 0 Å². The smallest absolute Gasteiger partial charge is 0.253 e. The third-order valence-electron chi connectivity index (χ3n) is 7.94. The zero-order chi connectivity index (χ0) is 26.9. The lowest BCUT2D eigenvalue weighted by Crippen LogP contribution is -2.49. The molecule has 2 fully saturated rings. The molecule has 2 aliphatic heterocycles. The molecule has 0 aromatic carbocycles. The van der Waals surface area contributed by atoms with Crippen LogP contribution >= 0.6 is 0 Å². The average Bonchev–Trinajstić information content (AvgIpc) is 3.29. The van der Waals surface area contributed by atoms with E-state index in [1.807, 2.05) is 18.3 Å². The molecule has 10 heteroatoms. The first-order chi connectivity index (χ1) is 18.2. The summed E-state index contributed by atoms with van der Waals surface area (Å²) in [5.41, 5.74) is 1.37. The van der Waals surface area contributed by atoms with Crippen molar-refractivity contribution in [1.82, 2.24) is 24.8 Å². The second-order valence-corrected chi connectivity index (χ2v) is 11.2. The lowest BCUT2D eigenvalue weighted by atomic mass is 9.81. The summed E-state index contributed by atoms with van der Waals surface area (Å²) < 4.78 is 7.59. The molecule has 2 aliphatic rings. The molecule has 0 saturated carbocycles. The second-order valence-electron chi connectivity index (χ2n) is 11.2. The molecule has 204 valence electrons. The highest BCUT2D eigenvalue weighted by molar-refractivity contribution is 6.07. The van der Waals surface area contributed by atoms with Gasteiger partial charge >= 0.3 is 0 Å². The summed E-state index contributed by atoms with van der Waals surface area (Å²) >= 11 is 0. The number of anilines is 3. The lowest BCUT2D eigenvalue weighted by Gasteiger charge is -2.41. The number of amides is 1. The van der Waals surface area contributed by atoms with Gasteiger partial charge in [0.25, 0.3) is 5.91 Å². The van der Waals surface area contributed by atoms with Crippen LogP contribution in [0, 0.1) is 5.41 Å². The van der Waals surface area contributed by atoms with E-state index in [0.29, 0.717) is 55.9 Å². The van der Waals surface area contributed by atoms with E-state index in [1.54, 1.807) is 12.4 Å². The van der Waals surface area contributed by atoms with Gasteiger partial charge < -0.3 is 29.9 Å². The summed E-state index contributed by atoms with van der Waals surface area (Å²) in [5.74, 6) is 1.85. The van der Waals surface area contributed by atoms with Crippen LogP contribution in [0.3, 0.4) is 0 Å². The van der Waals surface area contributed by atoms with E-state index in [0.717, 1.165) is 30.2 Å². The molecule has 38 heavy (non-hydrogen) atoms. The molecule has 2 unspecified atom stereocenters. The summed E-state index contributed by atoms with van der Waals surface area (Å²) in [5, 5.41) is 17.7. The maximum Gasteiger partial charge on any atom is 0.253 e. The number of pyridine rings is 1. The van der Waals surface area contributed by atoms with E-state index in [1.165, 1.54) is 0 Å². The monoisotopic (exact) mass is 521 g/mol. The van der Waals surface area contributed by atoms with E-state index < -0.39 is 0 Å². The summed E-state index contributed by atoms with van der Waals surface area (Å²) in [6.07, 6.45) is 8.41. The SMILES string of the molecule is CCC(C)n1cc(C(=O)NC2CCOCC2)c2cnc(Nc3ccnc(N4CCC(O)C(C)(C)C4)n3)cc21. The molecule has 0 spiro atoms. The van der Waals surface area contributed by atoms with Gasteiger partial charge in [0.1, 0.15) is 11.6 Å². The Labute approximate surface area is 223 Å². The van der Waals surface area contributed by atoms with Crippen LogP contribution in [0.5, 0.6) is 0 Å². The predicted octanol–water partition coefficient (Wildman–Crippen LogP) is 4.05. The van der Waals surface area contributed by atoms with Crippen molar-refractivity contribution in [3.8, 4) is 0 Å². The quantitative estimate of drug-likeness (QED) is 0.426. The van der Waals surface area contributed by atoms with Crippen LogP contribution in [0.2, 0.25) is 0 Å². The van der Waals surface area contributed by atoms with Crippen LogP contribution in [-0.2, 0) is 4.74 Å². The third-order valence-corrected chi connectivity index (χ3v) is 7.94. The van der Waals surface area contributed by atoms with Crippen LogP contribution in [0.25, 0.3) is 10.9 Å². The minimum atomic E-state index is -0.332. The molecule has 2 saturated heterocycles. The van der Waals surface area contributed by atoms with E-state index in [4.69, 9.17) is 9.72 Å². The number of nitrogens with one attached hydrogen (secondary N) is 2. The number of carbonyl (C=O) groups excluding carboxylic acids is 1. The number of aliphatic hydroxyl groups excluding tert-OH is 1. The Kier molecular flexibility index (Phi) is 7.54. The fraction of sp³-hybridized carbons (Fsp3) is 0.571. The zero-order valence-electron chi connectivity index (χ0n) is 22.8. The maximum atomic E-state index is 13.2. The average molecular weight is 522 g/mol. The fourth-order valence-electron chi connectivity index (χ4n) is 5.28. The van der Waals surface area contributed by atoms with E-state index >= 15 is 0 Å². The van der Waals surface area contributed by atoms with Gasteiger partial charge in [0.2, 0.25) is 5.95 Å². The Morgan fingerprint density at radius 3 is 2.76 bits per heavy atom. The largest absolute Gasteiger partial charge is 0.392 e. The number of hydrogen-bond donors (Lipinski definition) is 3.